The van der Waals surface area contributed by atoms with E-state index >= 15 is 0 Å². The number of amides is 1. The monoisotopic (exact) mass is 383 g/mol. The van der Waals surface area contributed by atoms with Gasteiger partial charge < -0.3 is 4.90 Å². The van der Waals surface area contributed by atoms with Crippen LogP contribution in [0.3, 0.4) is 0 Å². The van der Waals surface area contributed by atoms with Gasteiger partial charge in [-0.3, -0.25) is 4.79 Å². The first kappa shape index (κ1) is 17.4. The molecule has 1 aromatic heterocycles. The minimum absolute atomic E-state index is 0.142. The molecule has 2 aliphatic heterocycles. The van der Waals surface area contributed by atoms with Gasteiger partial charge in [-0.1, -0.05) is 12.8 Å². The lowest BCUT2D eigenvalue weighted by molar-refractivity contribution is -0.180. The van der Waals surface area contributed by atoms with Crippen LogP contribution in [0.15, 0.2) is 5.51 Å². The van der Waals surface area contributed by atoms with Gasteiger partial charge in [-0.2, -0.15) is 0 Å². The molecule has 0 radical (unpaired) electrons. The molecule has 0 aromatic carbocycles. The number of aromatic nitrogens is 1. The number of nitrogens with zero attached hydrogens (tertiary/aromatic N) is 3. The van der Waals surface area contributed by atoms with Crippen LogP contribution in [0.1, 0.15) is 55.1 Å². The second-order valence-corrected chi connectivity index (χ2v) is 10.5. The van der Waals surface area contributed by atoms with Gasteiger partial charge in [0.25, 0.3) is 0 Å². The zero-order valence-electron chi connectivity index (χ0n) is 14.8. The van der Waals surface area contributed by atoms with Crippen molar-refractivity contribution in [3.05, 3.63) is 16.1 Å². The minimum Gasteiger partial charge on any atom is -0.330 e. The Kier molecular flexibility index (Phi) is 4.20. The van der Waals surface area contributed by atoms with Crippen LogP contribution >= 0.6 is 11.3 Å². The lowest BCUT2D eigenvalue weighted by Gasteiger charge is -2.58. The smallest absolute Gasteiger partial charge is 0.232 e. The van der Waals surface area contributed by atoms with Crippen LogP contribution < -0.4 is 0 Å². The zero-order chi connectivity index (χ0) is 17.8. The van der Waals surface area contributed by atoms with Crippen molar-refractivity contribution in [3.63, 3.8) is 0 Å². The molecule has 8 heteroatoms. The van der Waals surface area contributed by atoms with Crippen molar-refractivity contribution in [2.45, 2.75) is 57.5 Å². The predicted molar refractivity (Wildman–Crippen MR) is 96.8 cm³/mol. The summed E-state index contributed by atoms with van der Waals surface area (Å²) in [6, 6.07) is 0.285. The summed E-state index contributed by atoms with van der Waals surface area (Å²) in [5.41, 5.74) is 2.69. The van der Waals surface area contributed by atoms with E-state index in [0.29, 0.717) is 19.0 Å². The van der Waals surface area contributed by atoms with Crippen molar-refractivity contribution in [1.82, 2.24) is 14.2 Å². The number of sulfonamides is 1. The number of carbonyl (C=O) groups is 1. The largest absolute Gasteiger partial charge is 0.330 e. The molecule has 1 spiro atoms. The number of hydrogen-bond acceptors (Lipinski definition) is 5. The van der Waals surface area contributed by atoms with Gasteiger partial charge in [-0.25, -0.2) is 17.7 Å². The summed E-state index contributed by atoms with van der Waals surface area (Å²) in [7, 11) is -3.14. The third-order valence-electron chi connectivity index (χ3n) is 6.27. The van der Waals surface area contributed by atoms with Gasteiger partial charge in [0.2, 0.25) is 15.9 Å². The predicted octanol–water partition coefficient (Wildman–Crippen LogP) is 2.32. The molecule has 0 bridgehead atoms. The molecule has 3 heterocycles. The standard InChI is InChI=1S/C17H25N3O3S2/c1-12-14(24-11-18-12)15-17(7-3-4-8-17)16(21)20(15)13-5-9-19(10-6-13)25(2,22)23/h11,13,15H,3-10H2,1-2H3. The number of piperidine rings is 1. The SMILES string of the molecule is Cc1ncsc1C1N(C2CCN(S(C)(=O)=O)CC2)C(=O)C12CCCC2. The summed E-state index contributed by atoms with van der Waals surface area (Å²) in [5, 5.41) is 0. The van der Waals surface area contributed by atoms with E-state index in [1.807, 2.05) is 12.4 Å². The first-order valence-electron chi connectivity index (χ1n) is 9.02. The fraction of sp³-hybridized carbons (Fsp3) is 0.765. The molecule has 1 aliphatic carbocycles. The molecule has 4 rings (SSSR count). The van der Waals surface area contributed by atoms with Crippen LogP contribution in [0, 0.1) is 12.3 Å². The Morgan fingerprint density at radius 3 is 2.40 bits per heavy atom. The van der Waals surface area contributed by atoms with Crippen LogP contribution in [-0.4, -0.2) is 53.9 Å². The Morgan fingerprint density at radius 2 is 1.88 bits per heavy atom. The summed E-state index contributed by atoms with van der Waals surface area (Å²) < 4.78 is 25.0. The summed E-state index contributed by atoms with van der Waals surface area (Å²) in [4.78, 5) is 20.9. The van der Waals surface area contributed by atoms with Gasteiger partial charge in [-0.15, -0.1) is 11.3 Å². The molecule has 0 N–H and O–H groups in total. The van der Waals surface area contributed by atoms with Gasteiger partial charge >= 0.3 is 0 Å². The molecule has 3 fully saturated rings. The van der Waals surface area contributed by atoms with E-state index in [2.05, 4.69) is 9.88 Å². The van der Waals surface area contributed by atoms with E-state index < -0.39 is 10.0 Å². The fourth-order valence-corrected chi connectivity index (χ4v) is 6.85. The normalized spacial score (nSPS) is 27.8. The highest BCUT2D eigenvalue weighted by Crippen LogP contribution is 2.61. The number of likely N-dealkylation sites (tertiary alicyclic amines) is 1. The Labute approximate surface area is 153 Å². The minimum atomic E-state index is -3.14. The molecule has 3 aliphatic rings. The van der Waals surface area contributed by atoms with E-state index in [4.69, 9.17) is 0 Å². The van der Waals surface area contributed by atoms with Crippen LogP contribution in [-0.2, 0) is 14.8 Å². The van der Waals surface area contributed by atoms with Crippen molar-refractivity contribution in [2.24, 2.45) is 5.41 Å². The maximum absolute atomic E-state index is 13.2. The zero-order valence-corrected chi connectivity index (χ0v) is 16.4. The Balaban J connectivity index is 1.59. The second-order valence-electron chi connectivity index (χ2n) is 7.67. The lowest BCUT2D eigenvalue weighted by atomic mass is 9.67. The molecule has 1 saturated carbocycles. The summed E-state index contributed by atoms with van der Waals surface area (Å²) in [6.07, 6.45) is 6.92. The Bertz CT molecular complexity index is 775. The third-order valence-corrected chi connectivity index (χ3v) is 8.56. The number of aryl methyl sites for hydroxylation is 1. The van der Waals surface area contributed by atoms with E-state index in [9.17, 15) is 13.2 Å². The topological polar surface area (TPSA) is 70.6 Å². The Hall–Kier alpha value is -0.990. The van der Waals surface area contributed by atoms with Crippen LogP contribution in [0.2, 0.25) is 0 Å². The Morgan fingerprint density at radius 1 is 1.24 bits per heavy atom. The molecule has 1 amide bonds. The maximum atomic E-state index is 13.2. The van der Waals surface area contributed by atoms with Crippen molar-refractivity contribution < 1.29 is 13.2 Å². The molecular formula is C17H25N3O3S2. The van der Waals surface area contributed by atoms with Gasteiger partial charge in [0, 0.05) is 19.1 Å². The van der Waals surface area contributed by atoms with E-state index in [1.54, 1.807) is 11.3 Å². The maximum Gasteiger partial charge on any atom is 0.232 e. The van der Waals surface area contributed by atoms with Gasteiger partial charge in [0.05, 0.1) is 33.8 Å². The van der Waals surface area contributed by atoms with Crippen molar-refractivity contribution >= 4 is 27.3 Å². The first-order chi connectivity index (χ1) is 11.8. The highest BCUT2D eigenvalue weighted by molar-refractivity contribution is 7.88. The van der Waals surface area contributed by atoms with Gasteiger partial charge in [0.1, 0.15) is 0 Å². The summed E-state index contributed by atoms with van der Waals surface area (Å²) in [5.74, 6) is 0.292. The molecule has 138 valence electrons. The lowest BCUT2D eigenvalue weighted by Crippen LogP contribution is -2.66. The molecular weight excluding hydrogens is 358 g/mol. The highest BCUT2D eigenvalue weighted by atomic mass is 32.2. The number of β-lactam (4-membered cyclic amide) rings is 1. The van der Waals surface area contributed by atoms with E-state index in [1.165, 1.54) is 15.4 Å². The molecule has 1 unspecified atom stereocenters. The average Bonchev–Trinajstić information content (AvgIpc) is 3.22. The third kappa shape index (κ3) is 2.64. The van der Waals surface area contributed by atoms with Crippen molar-refractivity contribution in [2.75, 3.05) is 19.3 Å². The summed E-state index contributed by atoms with van der Waals surface area (Å²) >= 11 is 1.66. The number of thiazole rings is 1. The number of hydrogen-bond donors (Lipinski definition) is 0. The van der Waals surface area contributed by atoms with E-state index in [0.717, 1.165) is 44.2 Å². The fourth-order valence-electron chi connectivity index (χ4n) is 4.96. The highest BCUT2D eigenvalue weighted by Gasteiger charge is 2.64. The molecule has 25 heavy (non-hydrogen) atoms. The second kappa shape index (κ2) is 6.03. The van der Waals surface area contributed by atoms with Gasteiger partial charge in [0.15, 0.2) is 0 Å². The van der Waals surface area contributed by atoms with Gasteiger partial charge in [-0.05, 0) is 32.6 Å². The van der Waals surface area contributed by atoms with Crippen LogP contribution in [0.4, 0.5) is 0 Å². The number of carbonyl (C=O) groups excluding carboxylic acids is 1. The van der Waals surface area contributed by atoms with Crippen molar-refractivity contribution in [1.29, 1.82) is 0 Å². The molecule has 2 saturated heterocycles. The molecule has 1 aromatic rings. The van der Waals surface area contributed by atoms with Crippen LogP contribution in [0.5, 0.6) is 0 Å². The van der Waals surface area contributed by atoms with E-state index in [-0.39, 0.29) is 17.5 Å². The molecule has 1 atom stereocenters. The number of rotatable bonds is 3. The molecule has 6 nitrogen and oxygen atoms in total. The quantitative estimate of drug-likeness (QED) is 0.751. The summed E-state index contributed by atoms with van der Waals surface area (Å²) in [6.45, 7) is 3.05. The van der Waals surface area contributed by atoms with Crippen molar-refractivity contribution in [3.8, 4) is 0 Å². The average molecular weight is 384 g/mol. The van der Waals surface area contributed by atoms with Crippen LogP contribution in [0.25, 0.3) is 0 Å². The first-order valence-corrected chi connectivity index (χ1v) is 11.8.